The van der Waals surface area contributed by atoms with Gasteiger partial charge >= 0.3 is 5.97 Å². The van der Waals surface area contributed by atoms with E-state index in [2.05, 4.69) is 33.3 Å². The molecule has 0 saturated heterocycles. The molecule has 6 N–H and O–H groups in total. The van der Waals surface area contributed by atoms with E-state index < -0.39 is 52.9 Å². The van der Waals surface area contributed by atoms with E-state index in [0.29, 0.717) is 23.4 Å². The van der Waals surface area contributed by atoms with Crippen molar-refractivity contribution in [2.45, 2.75) is 138 Å². The fraction of sp³-hybridized carbons (Fsp3) is 0.417. The summed E-state index contributed by atoms with van der Waals surface area (Å²) in [6.45, 7) is 5.76. The molecule has 65 heavy (non-hydrogen) atoms. The number of aromatic hydroxyl groups is 1. The first-order valence-corrected chi connectivity index (χ1v) is 25.3. The third-order valence-corrected chi connectivity index (χ3v) is 13.4. The quantitative estimate of drug-likeness (QED) is 0.0129. The predicted molar refractivity (Wildman–Crippen MR) is 256 cm³/mol. The summed E-state index contributed by atoms with van der Waals surface area (Å²) in [7, 11) is -9.16. The second-order valence-electron chi connectivity index (χ2n) is 15.8. The molecule has 1 amide bonds. The summed E-state index contributed by atoms with van der Waals surface area (Å²) in [4.78, 5) is 23.7. The van der Waals surface area contributed by atoms with Gasteiger partial charge in [-0.2, -0.15) is 18.6 Å². The van der Waals surface area contributed by atoms with E-state index >= 15 is 0 Å². The molecule has 4 aromatic rings. The number of rotatable bonds is 29. The topological polar surface area (TPSA) is 233 Å². The molecule has 0 heterocycles. The van der Waals surface area contributed by atoms with E-state index in [1.165, 1.54) is 101 Å². The highest BCUT2D eigenvalue weighted by Gasteiger charge is 2.26. The first-order chi connectivity index (χ1) is 31.1. The number of carboxylic acid groups (broad SMARTS) is 1. The van der Waals surface area contributed by atoms with E-state index in [0.717, 1.165) is 43.9 Å². The number of unbranched alkanes of at least 4 members (excludes halogenated alkanes) is 14. The lowest BCUT2D eigenvalue weighted by molar-refractivity contribution is 0.0693. The van der Waals surface area contributed by atoms with E-state index in [4.69, 9.17) is 4.74 Å². The van der Waals surface area contributed by atoms with Crippen LogP contribution >= 0.6 is 0 Å². The lowest BCUT2D eigenvalue weighted by atomic mass is 10.0. The van der Waals surface area contributed by atoms with Crippen molar-refractivity contribution in [3.05, 3.63) is 96.1 Å². The third-order valence-electron chi connectivity index (χ3n) is 10.7. The van der Waals surface area contributed by atoms with E-state index in [9.17, 15) is 41.2 Å². The van der Waals surface area contributed by atoms with Crippen LogP contribution in [0.5, 0.6) is 11.5 Å². The van der Waals surface area contributed by atoms with Crippen LogP contribution in [0.4, 0.5) is 17.1 Å². The van der Waals surface area contributed by atoms with Crippen molar-refractivity contribution in [2.75, 3.05) is 22.8 Å². The highest BCUT2D eigenvalue weighted by Crippen LogP contribution is 2.33. The lowest BCUT2D eigenvalue weighted by Crippen LogP contribution is -2.16. The summed E-state index contributed by atoms with van der Waals surface area (Å²) >= 11 is 0. The predicted octanol–water partition coefficient (Wildman–Crippen LogP) is 11.3. The maximum Gasteiger partial charge on any atom is 0.339 e. The zero-order valence-corrected chi connectivity index (χ0v) is 39.1. The molecule has 15 nitrogen and oxygen atoms in total. The van der Waals surface area contributed by atoms with Crippen LogP contribution in [0.3, 0.4) is 0 Å². The molecule has 0 saturated carbocycles. The molecule has 0 spiro atoms. The molecule has 352 valence electrons. The fourth-order valence-corrected chi connectivity index (χ4v) is 9.18. The van der Waals surface area contributed by atoms with Crippen LogP contribution < -0.4 is 20.9 Å². The Kier molecular flexibility index (Phi) is 20.9. The average Bonchev–Trinajstić information content (AvgIpc) is 3.28. The first kappa shape index (κ1) is 51.9. The van der Waals surface area contributed by atoms with Crippen LogP contribution in [0.25, 0.3) is 0 Å². The van der Waals surface area contributed by atoms with E-state index in [1.54, 1.807) is 50.2 Å². The van der Waals surface area contributed by atoms with Crippen molar-refractivity contribution in [3.63, 3.8) is 0 Å². The molecule has 0 aliphatic heterocycles. The van der Waals surface area contributed by atoms with Crippen LogP contribution in [0.15, 0.2) is 110 Å². The van der Waals surface area contributed by atoms with Gasteiger partial charge in [0.1, 0.15) is 22.0 Å². The summed E-state index contributed by atoms with van der Waals surface area (Å²) in [5.41, 5.74) is 6.58. The summed E-state index contributed by atoms with van der Waals surface area (Å²) < 4.78 is 68.1. The van der Waals surface area contributed by atoms with Gasteiger partial charge in [0.15, 0.2) is 0 Å². The van der Waals surface area contributed by atoms with E-state index in [-0.39, 0.29) is 34.3 Å². The normalized spacial score (nSPS) is 12.2. The zero-order valence-electron chi connectivity index (χ0n) is 37.5. The van der Waals surface area contributed by atoms with Crippen molar-refractivity contribution in [1.82, 2.24) is 0 Å². The van der Waals surface area contributed by atoms with Gasteiger partial charge in [0.25, 0.3) is 16.0 Å². The number of amides is 1. The summed E-state index contributed by atoms with van der Waals surface area (Å²) in [6.07, 6.45) is 18.4. The first-order valence-electron chi connectivity index (χ1n) is 22.3. The maximum atomic E-state index is 14.2. The number of benzene rings is 4. The molecule has 0 aromatic heterocycles. The van der Waals surface area contributed by atoms with Gasteiger partial charge in [0.2, 0.25) is 9.84 Å². The summed E-state index contributed by atoms with van der Waals surface area (Å²) in [6, 6.07) is 19.5. The van der Waals surface area contributed by atoms with Gasteiger partial charge in [-0.05, 0) is 93.4 Å². The number of carboxylic acids is 1. The number of anilines is 3. The lowest BCUT2D eigenvalue weighted by Gasteiger charge is -2.15. The number of aromatic carboxylic acids is 1. The Bertz CT molecular complexity index is 2480. The third kappa shape index (κ3) is 16.6. The van der Waals surface area contributed by atoms with Gasteiger partial charge in [-0.3, -0.25) is 20.2 Å². The maximum absolute atomic E-state index is 14.2. The standard InChI is InChI=1S/C48H63N5O10S2/c1-4-6-7-8-9-10-11-12-13-14-15-16-17-18-22-25-41(52-51-38-27-31-44(63-5-2)46(33-38)65(60,61)62)35(3)50-53-42-29-26-37(49-47(55)36-23-20-19-21-24-36)32-45(42)64(58,59)39-28-30-43(54)40(34-39)48(56)57/h19-21,23-24,26-34,51,53-54H,4-18,22,25H2,1-3H3,(H,49,55)(H,56,57)(H,60,61,62)/b50-35+,52-41-. The Morgan fingerprint density at radius 3 is 1.83 bits per heavy atom. The Balaban J connectivity index is 1.56. The molecular weight excluding hydrogens is 871 g/mol. The number of phenols is 1. The average molecular weight is 934 g/mol. The Morgan fingerprint density at radius 2 is 1.25 bits per heavy atom. The van der Waals surface area contributed by atoms with Crippen molar-refractivity contribution in [3.8, 4) is 11.5 Å². The minimum atomic E-state index is -4.64. The monoisotopic (exact) mass is 933 g/mol. The van der Waals surface area contributed by atoms with Crippen molar-refractivity contribution in [2.24, 2.45) is 10.2 Å². The molecule has 17 heteroatoms. The second kappa shape index (κ2) is 26.2. The molecule has 0 bridgehead atoms. The number of nitrogens with one attached hydrogen (secondary N) is 3. The molecule has 4 aromatic carbocycles. The van der Waals surface area contributed by atoms with Crippen LogP contribution in [0.2, 0.25) is 0 Å². The molecular formula is C48H63N5O10S2. The van der Waals surface area contributed by atoms with Gasteiger partial charge in [0.05, 0.1) is 39.2 Å². The number of sulfone groups is 1. The number of nitrogens with zero attached hydrogens (tertiary/aromatic N) is 2. The van der Waals surface area contributed by atoms with Crippen LogP contribution in [0.1, 0.15) is 144 Å². The minimum absolute atomic E-state index is 0.0180. The second-order valence-corrected chi connectivity index (χ2v) is 19.1. The summed E-state index contributed by atoms with van der Waals surface area (Å²) in [5, 5.41) is 31.5. The summed E-state index contributed by atoms with van der Waals surface area (Å²) in [5.74, 6) is -2.67. The number of hydrogen-bond donors (Lipinski definition) is 6. The highest BCUT2D eigenvalue weighted by molar-refractivity contribution is 7.91. The smallest absolute Gasteiger partial charge is 0.339 e. The molecule has 4 rings (SSSR count). The van der Waals surface area contributed by atoms with E-state index in [1.807, 2.05) is 0 Å². The highest BCUT2D eigenvalue weighted by atomic mass is 32.2. The van der Waals surface area contributed by atoms with Gasteiger partial charge in [-0.15, -0.1) is 0 Å². The molecule has 0 radical (unpaired) electrons. The molecule has 0 aliphatic carbocycles. The van der Waals surface area contributed by atoms with Crippen LogP contribution in [-0.2, 0) is 20.0 Å². The molecule has 0 atom stereocenters. The van der Waals surface area contributed by atoms with Gasteiger partial charge in [0, 0.05) is 11.3 Å². The number of carbonyl (C=O) groups is 2. The number of ether oxygens (including phenoxy) is 1. The Labute approximate surface area is 383 Å². The minimum Gasteiger partial charge on any atom is -0.507 e. The number of hydrazone groups is 2. The Morgan fingerprint density at radius 1 is 0.662 bits per heavy atom. The number of carbonyl (C=O) groups excluding carboxylic acids is 1. The van der Waals surface area contributed by atoms with Crippen molar-refractivity contribution >= 4 is 60.3 Å². The van der Waals surface area contributed by atoms with Crippen molar-refractivity contribution < 1.29 is 45.9 Å². The largest absolute Gasteiger partial charge is 0.507 e. The molecule has 0 unspecified atom stereocenters. The van der Waals surface area contributed by atoms with Gasteiger partial charge < -0.3 is 20.3 Å². The molecule has 0 aliphatic rings. The van der Waals surface area contributed by atoms with Crippen molar-refractivity contribution in [1.29, 1.82) is 0 Å². The number of hydrogen-bond acceptors (Lipinski definition) is 12. The van der Waals surface area contributed by atoms with Gasteiger partial charge in [-0.25, -0.2) is 13.2 Å². The fourth-order valence-electron chi connectivity index (χ4n) is 7.06. The molecule has 0 fully saturated rings. The SMILES string of the molecule is CCCCCCCCCCCCCCCCCC(=N/Nc1ccc(OCC)c(S(=O)(=O)O)c1)/C(C)=N/Nc1ccc(NC(=O)c2ccccc2)cc1S(=O)(=O)c1ccc(O)c(C(=O)O)c1. The zero-order chi connectivity index (χ0) is 47.2. The van der Waals surface area contributed by atoms with Gasteiger partial charge in [-0.1, -0.05) is 115 Å². The Hall–Kier alpha value is -5.78. The van der Waals surface area contributed by atoms with Crippen LogP contribution in [-0.4, -0.2) is 61.5 Å². The van der Waals surface area contributed by atoms with Crippen LogP contribution in [0, 0.1) is 0 Å².